The molecule has 0 unspecified atom stereocenters. The van der Waals surface area contributed by atoms with Gasteiger partial charge < -0.3 is 22.3 Å². The van der Waals surface area contributed by atoms with Crippen molar-refractivity contribution < 1.29 is 0 Å². The van der Waals surface area contributed by atoms with Crippen LogP contribution in [0.15, 0.2) is 389 Å². The summed E-state index contributed by atoms with van der Waals surface area (Å²) in [4.78, 5) is 42.4. The molecule has 31 aromatic rings. The number of fused-ring (bicyclic) bond motifs is 35. The Kier molecular flexibility index (Phi) is 14.9. The molecule has 0 amide bonds. The Hall–Kier alpha value is -18.8. The molecule has 16 aromatic carbocycles. The standard InChI is InChI=1S/C41H24N4.2C38H20N6/c1-2-12-25(13-3-1)43-34-20-10-6-16-28(34)38-36(43)23-42-24-37(38)45-33-19-9-5-15-27(33)31-22-30-26-14-4-8-18-32(26)44-35-21-11-7-17-29(35)39(40(30)44)41(31)45;1-39-23-11-8-10-22(20-23)34-35-29(15-9-19-40-35)41-38(42-34)44-31-17-6-3-13-25(31)28-21-27-24-12-2-5-16-30(24)43-32-18-7-4-14-26(32)33(36(27)43)37(28)44;1-39-23-11-8-10-22(20-23)34-27-15-9-19-40-37(27)42-38(41-34)44-31-17-6-3-13-25(31)29-21-28-24-12-2-5-16-30(24)43-32-18-7-4-14-26(32)33(35(28)43)36(29)44/h1-24H;2*2-21H. The van der Waals surface area contributed by atoms with Gasteiger partial charge in [0.1, 0.15) is 11.2 Å². The Morgan fingerprint density at radius 2 is 0.586 bits per heavy atom. The molecule has 133 heavy (non-hydrogen) atoms. The van der Waals surface area contributed by atoms with Gasteiger partial charge in [0.05, 0.1) is 136 Å². The summed E-state index contributed by atoms with van der Waals surface area (Å²) in [7, 11) is 0. The van der Waals surface area contributed by atoms with E-state index >= 15 is 0 Å². The van der Waals surface area contributed by atoms with Gasteiger partial charge in [0.2, 0.25) is 11.9 Å². The van der Waals surface area contributed by atoms with E-state index in [-0.39, 0.29) is 0 Å². The molecule has 0 aliphatic heterocycles. The molecular weight excluding hydrogens is 1630 g/mol. The van der Waals surface area contributed by atoms with Gasteiger partial charge in [0.25, 0.3) is 0 Å². The van der Waals surface area contributed by atoms with Crippen LogP contribution in [0, 0.1) is 13.1 Å². The second kappa shape index (κ2) is 27.4. The predicted octanol–water partition coefficient (Wildman–Crippen LogP) is 29.4. The molecule has 31 rings (SSSR count). The highest BCUT2D eigenvalue weighted by Gasteiger charge is 2.32. The fraction of sp³-hybridized carbons (Fsp3) is 0. The van der Waals surface area contributed by atoms with Gasteiger partial charge >= 0.3 is 0 Å². The molecule has 15 aromatic heterocycles. The summed E-state index contributed by atoms with van der Waals surface area (Å²) in [5, 5.41) is 25.2. The first kappa shape index (κ1) is 72.4. The van der Waals surface area contributed by atoms with Crippen molar-refractivity contribution in [2.24, 2.45) is 0 Å². The van der Waals surface area contributed by atoms with Crippen LogP contribution in [-0.4, -0.2) is 66.4 Å². The molecule has 0 bridgehead atoms. The molecule has 15 heterocycles. The monoisotopic (exact) mass is 1690 g/mol. The van der Waals surface area contributed by atoms with Crippen molar-refractivity contribution in [3.8, 4) is 45.8 Å². The number of pyridine rings is 3. The van der Waals surface area contributed by atoms with E-state index in [9.17, 15) is 0 Å². The maximum Gasteiger partial charge on any atom is 0.237 e. The number of nitrogens with zero attached hydrogens (tertiary/aromatic N) is 16. The van der Waals surface area contributed by atoms with E-state index in [2.05, 4.69) is 349 Å². The number of hydrogen-bond donors (Lipinski definition) is 0. The van der Waals surface area contributed by atoms with E-state index < -0.39 is 0 Å². The summed E-state index contributed by atoms with van der Waals surface area (Å²) >= 11 is 0. The molecule has 0 aliphatic carbocycles. The fourth-order valence-electron chi connectivity index (χ4n) is 22.4. The SMILES string of the molecule is [C-]#[N+]c1cccc(-c2nc(-n3c4ccccc4c4cc5c6ccccc6n6c7ccccc7c(c43)c56)nc3cccnc23)c1.[C-]#[N+]c1cccc(-c2nc(-n3c4ccccc4c4cc5c6ccccc6n6c7ccccc7c(c43)c56)nc3ncccc23)c1.c1ccc(-n2c3ccccc3c3c(-n4c5ccccc5c5cc6c7ccccc7n7c8ccccc8c(c54)c67)cncc32)cc1. The lowest BCUT2D eigenvalue weighted by atomic mass is 10.0. The van der Waals surface area contributed by atoms with Crippen molar-refractivity contribution in [2.45, 2.75) is 0 Å². The van der Waals surface area contributed by atoms with Crippen molar-refractivity contribution in [1.29, 1.82) is 0 Å². The van der Waals surface area contributed by atoms with Crippen molar-refractivity contribution >= 4 is 235 Å². The molecule has 0 spiro atoms. The molecular formula is C117H64N16. The van der Waals surface area contributed by atoms with E-state index in [4.69, 9.17) is 38.1 Å². The number of rotatable bonds is 6. The van der Waals surface area contributed by atoms with Crippen LogP contribution in [0.3, 0.4) is 0 Å². The Morgan fingerprint density at radius 3 is 1.06 bits per heavy atom. The lowest BCUT2D eigenvalue weighted by molar-refractivity contribution is 1.01. The first-order valence-electron chi connectivity index (χ1n) is 44.4. The van der Waals surface area contributed by atoms with Gasteiger partial charge in [-0.1, -0.05) is 237 Å². The topological polar surface area (TPSA) is 132 Å². The molecule has 612 valence electrons. The third kappa shape index (κ3) is 9.95. The molecule has 0 aliphatic rings. The lowest BCUT2D eigenvalue weighted by Gasteiger charge is -2.12. The Bertz CT molecular complexity index is 10200. The summed E-state index contributed by atoms with van der Waals surface area (Å²) in [6.07, 6.45) is 7.61. The minimum absolute atomic E-state index is 0.549. The third-order valence-corrected chi connectivity index (χ3v) is 27.6. The van der Waals surface area contributed by atoms with E-state index in [1.807, 2.05) is 79.0 Å². The average molecular weight is 1690 g/mol. The molecule has 16 nitrogen and oxygen atoms in total. The third-order valence-electron chi connectivity index (χ3n) is 27.6. The van der Waals surface area contributed by atoms with Gasteiger partial charge in [0.15, 0.2) is 17.0 Å². The zero-order valence-electron chi connectivity index (χ0n) is 70.6. The van der Waals surface area contributed by atoms with Gasteiger partial charge in [-0.15, -0.1) is 0 Å². The van der Waals surface area contributed by atoms with Crippen molar-refractivity contribution in [3.63, 3.8) is 0 Å². The molecule has 16 heteroatoms. The first-order chi connectivity index (χ1) is 66.0. The number of para-hydroxylation sites is 11. The van der Waals surface area contributed by atoms with Gasteiger partial charge in [-0.2, -0.15) is 4.98 Å². The van der Waals surface area contributed by atoms with E-state index in [1.54, 1.807) is 12.4 Å². The molecule has 0 saturated heterocycles. The predicted molar refractivity (Wildman–Crippen MR) is 544 cm³/mol. The van der Waals surface area contributed by atoms with Gasteiger partial charge in [-0.05, 0) is 139 Å². The summed E-state index contributed by atoms with van der Waals surface area (Å²) in [5.74, 6) is 1.12. The maximum absolute atomic E-state index is 7.59. The molecule has 0 saturated carbocycles. The molecule has 0 fully saturated rings. The largest absolute Gasteiger partial charge is 0.308 e. The van der Waals surface area contributed by atoms with Crippen LogP contribution in [0.5, 0.6) is 0 Å². The maximum atomic E-state index is 7.59. The van der Waals surface area contributed by atoms with Crippen LogP contribution in [0.1, 0.15) is 0 Å². The van der Waals surface area contributed by atoms with Crippen molar-refractivity contribution in [3.05, 3.63) is 412 Å². The van der Waals surface area contributed by atoms with Crippen LogP contribution in [-0.2, 0) is 0 Å². The smallest absolute Gasteiger partial charge is 0.237 e. The summed E-state index contributed by atoms with van der Waals surface area (Å²) in [6.45, 7) is 15.2. The Labute approximate surface area is 753 Å². The zero-order valence-corrected chi connectivity index (χ0v) is 70.6. The van der Waals surface area contributed by atoms with Gasteiger partial charge in [0, 0.05) is 131 Å². The quantitative estimate of drug-likeness (QED) is 0.151. The molecule has 0 N–H and O–H groups in total. The van der Waals surface area contributed by atoms with E-state index in [0.29, 0.717) is 40.1 Å². The first-order valence-corrected chi connectivity index (χ1v) is 44.4. The lowest BCUT2D eigenvalue weighted by Crippen LogP contribution is -2.04. The highest BCUT2D eigenvalue weighted by atomic mass is 15.2. The second-order valence-electron chi connectivity index (χ2n) is 34.4. The number of benzene rings is 16. The van der Waals surface area contributed by atoms with E-state index in [0.717, 1.165) is 88.2 Å². The fourth-order valence-corrected chi connectivity index (χ4v) is 22.4. The molecule has 0 radical (unpaired) electrons. The van der Waals surface area contributed by atoms with Crippen molar-refractivity contribution in [1.82, 2.24) is 66.4 Å². The second-order valence-corrected chi connectivity index (χ2v) is 34.4. The summed E-state index contributed by atoms with van der Waals surface area (Å²) in [5.41, 5.74) is 28.4. The number of aromatic nitrogens is 14. The highest BCUT2D eigenvalue weighted by molar-refractivity contribution is 6.38. The minimum atomic E-state index is 0.549. The zero-order chi connectivity index (χ0) is 87.1. The Morgan fingerprint density at radius 1 is 0.233 bits per heavy atom. The van der Waals surface area contributed by atoms with Crippen LogP contribution >= 0.6 is 0 Å². The van der Waals surface area contributed by atoms with E-state index in [1.165, 1.54) is 152 Å². The highest BCUT2D eigenvalue weighted by Crippen LogP contribution is 2.52. The summed E-state index contributed by atoms with van der Waals surface area (Å²) < 4.78 is 16.5. The van der Waals surface area contributed by atoms with Crippen molar-refractivity contribution in [2.75, 3.05) is 0 Å². The van der Waals surface area contributed by atoms with Gasteiger partial charge in [-0.25, -0.2) is 29.6 Å². The van der Waals surface area contributed by atoms with Crippen LogP contribution in [0.2, 0.25) is 0 Å². The van der Waals surface area contributed by atoms with Crippen LogP contribution in [0.25, 0.3) is 279 Å². The minimum Gasteiger partial charge on any atom is -0.308 e. The Balaban J connectivity index is 0.0000000975. The average Bonchev–Trinajstić information content (AvgIpc) is 1.54. The van der Waals surface area contributed by atoms with Gasteiger partial charge in [-0.3, -0.25) is 19.1 Å². The van der Waals surface area contributed by atoms with Crippen LogP contribution in [0.4, 0.5) is 11.4 Å². The molecule has 0 atom stereocenters. The summed E-state index contributed by atoms with van der Waals surface area (Å²) in [6, 6.07) is 128. The van der Waals surface area contributed by atoms with Crippen LogP contribution < -0.4 is 0 Å². The normalized spacial score (nSPS) is 12.2. The number of hydrogen-bond acceptors (Lipinski definition) is 7.